The second-order valence-corrected chi connectivity index (χ2v) is 4.57. The molecule has 1 N–H and O–H groups in total. The van der Waals surface area contributed by atoms with Crippen molar-refractivity contribution >= 4 is 5.78 Å². The smallest absolute Gasteiger partial charge is 0.152 e. The zero-order valence-electron chi connectivity index (χ0n) is 10.3. The average molecular weight is 199 g/mol. The average Bonchev–Trinajstić information content (AvgIpc) is 2.10. The molecular formula is C12H25NO. The van der Waals surface area contributed by atoms with E-state index in [9.17, 15) is 4.79 Å². The van der Waals surface area contributed by atoms with Crippen molar-refractivity contribution in [2.24, 2.45) is 5.92 Å². The van der Waals surface area contributed by atoms with E-state index in [1.807, 2.05) is 13.8 Å². The van der Waals surface area contributed by atoms with Crippen LogP contribution in [-0.4, -0.2) is 17.9 Å². The third-order valence-corrected chi connectivity index (χ3v) is 2.29. The van der Waals surface area contributed by atoms with Gasteiger partial charge in [0.05, 0.1) is 6.04 Å². The highest BCUT2D eigenvalue weighted by Gasteiger charge is 2.20. The van der Waals surface area contributed by atoms with E-state index in [0.717, 1.165) is 19.3 Å². The van der Waals surface area contributed by atoms with Gasteiger partial charge in [0.15, 0.2) is 5.78 Å². The Balaban J connectivity index is 4.15. The number of carbonyl (C=O) groups is 1. The van der Waals surface area contributed by atoms with Crippen LogP contribution in [0.5, 0.6) is 0 Å². The summed E-state index contributed by atoms with van der Waals surface area (Å²) in [4.78, 5) is 11.8. The first-order chi connectivity index (χ1) is 6.49. The maximum absolute atomic E-state index is 11.8. The van der Waals surface area contributed by atoms with E-state index >= 15 is 0 Å². The molecule has 0 saturated carbocycles. The largest absolute Gasteiger partial charge is 0.305 e. The number of hydrogen-bond acceptors (Lipinski definition) is 2. The number of ketones is 1. The summed E-state index contributed by atoms with van der Waals surface area (Å²) in [6, 6.07) is 0.453. The molecule has 0 bridgehead atoms. The topological polar surface area (TPSA) is 29.1 Å². The maximum Gasteiger partial charge on any atom is 0.152 e. The summed E-state index contributed by atoms with van der Waals surface area (Å²) in [6.07, 6.45) is 3.26. The van der Waals surface area contributed by atoms with Gasteiger partial charge in [-0.05, 0) is 6.42 Å². The molecule has 0 saturated heterocycles. The van der Waals surface area contributed by atoms with Gasteiger partial charge in [0.1, 0.15) is 0 Å². The Labute approximate surface area is 88.5 Å². The summed E-state index contributed by atoms with van der Waals surface area (Å²) in [5.74, 6) is 0.496. The Bertz CT molecular complexity index is 164. The van der Waals surface area contributed by atoms with Gasteiger partial charge in [-0.1, -0.05) is 47.5 Å². The van der Waals surface area contributed by atoms with Gasteiger partial charge < -0.3 is 5.32 Å². The first-order valence-electron chi connectivity index (χ1n) is 5.78. The molecule has 0 amide bonds. The van der Waals surface area contributed by atoms with Crippen LogP contribution in [0.25, 0.3) is 0 Å². The van der Waals surface area contributed by atoms with Crippen molar-refractivity contribution in [2.75, 3.05) is 0 Å². The molecule has 0 rings (SSSR count). The van der Waals surface area contributed by atoms with Gasteiger partial charge in [0.2, 0.25) is 0 Å². The fourth-order valence-electron chi connectivity index (χ4n) is 1.52. The highest BCUT2D eigenvalue weighted by molar-refractivity contribution is 5.85. The summed E-state index contributed by atoms with van der Waals surface area (Å²) in [5, 5.41) is 3.35. The van der Waals surface area contributed by atoms with Crippen molar-refractivity contribution < 1.29 is 4.79 Å². The van der Waals surface area contributed by atoms with Crippen LogP contribution in [0.1, 0.15) is 53.9 Å². The van der Waals surface area contributed by atoms with Gasteiger partial charge in [0.25, 0.3) is 0 Å². The van der Waals surface area contributed by atoms with E-state index in [1.54, 1.807) is 0 Å². The van der Waals surface area contributed by atoms with Crippen LogP contribution in [0.15, 0.2) is 0 Å². The first kappa shape index (κ1) is 13.6. The van der Waals surface area contributed by atoms with Crippen LogP contribution in [0.2, 0.25) is 0 Å². The number of rotatable bonds is 7. The lowest BCUT2D eigenvalue weighted by molar-refractivity contribution is -0.124. The zero-order chi connectivity index (χ0) is 11.1. The SMILES string of the molecule is CCCC[C@H](NC(C)C)C(=O)C(C)C. The van der Waals surface area contributed by atoms with Crippen molar-refractivity contribution in [3.8, 4) is 0 Å². The normalized spacial score (nSPS) is 13.6. The minimum Gasteiger partial charge on any atom is -0.305 e. The van der Waals surface area contributed by atoms with Gasteiger partial charge in [-0.15, -0.1) is 0 Å². The maximum atomic E-state index is 11.8. The predicted molar refractivity (Wildman–Crippen MR) is 61.4 cm³/mol. The Hall–Kier alpha value is -0.370. The third-order valence-electron chi connectivity index (χ3n) is 2.29. The van der Waals surface area contributed by atoms with Gasteiger partial charge >= 0.3 is 0 Å². The second-order valence-electron chi connectivity index (χ2n) is 4.57. The molecule has 0 aromatic heterocycles. The number of carbonyl (C=O) groups excluding carboxylic acids is 1. The molecule has 0 aliphatic heterocycles. The van der Waals surface area contributed by atoms with Crippen LogP contribution in [-0.2, 0) is 4.79 Å². The Morgan fingerprint density at radius 3 is 2.14 bits per heavy atom. The summed E-state index contributed by atoms with van der Waals surface area (Å²) < 4.78 is 0. The number of nitrogens with one attached hydrogen (secondary N) is 1. The molecule has 0 aromatic carbocycles. The van der Waals surface area contributed by atoms with E-state index in [-0.39, 0.29) is 12.0 Å². The van der Waals surface area contributed by atoms with Crippen LogP contribution in [0, 0.1) is 5.92 Å². The van der Waals surface area contributed by atoms with Crippen molar-refractivity contribution in [1.29, 1.82) is 0 Å². The van der Waals surface area contributed by atoms with Crippen molar-refractivity contribution in [1.82, 2.24) is 5.32 Å². The fraction of sp³-hybridized carbons (Fsp3) is 0.917. The van der Waals surface area contributed by atoms with Gasteiger partial charge in [-0.2, -0.15) is 0 Å². The van der Waals surface area contributed by atoms with Gasteiger partial charge in [-0.25, -0.2) is 0 Å². The molecule has 0 spiro atoms. The van der Waals surface area contributed by atoms with E-state index in [1.165, 1.54) is 0 Å². The molecule has 1 atom stereocenters. The zero-order valence-corrected chi connectivity index (χ0v) is 10.3. The molecule has 0 fully saturated rings. The molecular weight excluding hydrogens is 174 g/mol. The van der Waals surface area contributed by atoms with E-state index in [4.69, 9.17) is 0 Å². The van der Waals surface area contributed by atoms with Crippen molar-refractivity contribution in [3.05, 3.63) is 0 Å². The molecule has 0 heterocycles. The van der Waals surface area contributed by atoms with Crippen molar-refractivity contribution in [3.63, 3.8) is 0 Å². The highest BCUT2D eigenvalue weighted by Crippen LogP contribution is 2.08. The monoisotopic (exact) mass is 199 g/mol. The molecule has 2 heteroatoms. The lowest BCUT2D eigenvalue weighted by Gasteiger charge is -2.21. The Morgan fingerprint density at radius 2 is 1.79 bits per heavy atom. The quantitative estimate of drug-likeness (QED) is 0.683. The molecule has 0 aromatic rings. The summed E-state index contributed by atoms with van der Waals surface area (Å²) in [6.45, 7) is 10.3. The minimum absolute atomic E-state index is 0.0648. The third kappa shape index (κ3) is 5.38. The van der Waals surface area contributed by atoms with E-state index < -0.39 is 0 Å². The van der Waals surface area contributed by atoms with Crippen LogP contribution in [0.3, 0.4) is 0 Å². The Morgan fingerprint density at radius 1 is 1.21 bits per heavy atom. The number of Topliss-reactive ketones (excluding diaryl/α,β-unsaturated/α-hetero) is 1. The lowest BCUT2D eigenvalue weighted by atomic mass is 9.97. The van der Waals surface area contributed by atoms with Crippen LogP contribution >= 0.6 is 0 Å². The van der Waals surface area contributed by atoms with Gasteiger partial charge in [0, 0.05) is 12.0 Å². The summed E-state index contributed by atoms with van der Waals surface area (Å²) in [7, 11) is 0. The first-order valence-corrected chi connectivity index (χ1v) is 5.78. The molecule has 0 unspecified atom stereocenters. The van der Waals surface area contributed by atoms with Gasteiger partial charge in [-0.3, -0.25) is 4.79 Å². The molecule has 2 nitrogen and oxygen atoms in total. The summed E-state index contributed by atoms with van der Waals surface area (Å²) in [5.41, 5.74) is 0. The van der Waals surface area contributed by atoms with Crippen LogP contribution < -0.4 is 5.32 Å². The van der Waals surface area contributed by atoms with Crippen LogP contribution in [0.4, 0.5) is 0 Å². The van der Waals surface area contributed by atoms with E-state index in [2.05, 4.69) is 26.1 Å². The Kier molecular flexibility index (Phi) is 6.81. The molecule has 14 heavy (non-hydrogen) atoms. The number of unbranched alkanes of at least 4 members (excludes halogenated alkanes) is 1. The summed E-state index contributed by atoms with van der Waals surface area (Å²) >= 11 is 0. The second kappa shape index (κ2) is 6.99. The lowest BCUT2D eigenvalue weighted by Crippen LogP contribution is -2.42. The molecule has 0 aliphatic carbocycles. The molecule has 0 radical (unpaired) electrons. The fourth-order valence-corrected chi connectivity index (χ4v) is 1.52. The molecule has 0 aliphatic rings. The van der Waals surface area contributed by atoms with Crippen molar-refractivity contribution in [2.45, 2.75) is 66.0 Å². The molecule has 84 valence electrons. The van der Waals surface area contributed by atoms with E-state index in [0.29, 0.717) is 11.8 Å². The highest BCUT2D eigenvalue weighted by atomic mass is 16.1. The number of hydrogen-bond donors (Lipinski definition) is 1. The predicted octanol–water partition coefficient (Wildman–Crippen LogP) is 2.77. The standard InChI is InChI=1S/C12H25NO/c1-6-7-8-11(13-10(4)5)12(14)9(2)3/h9-11,13H,6-8H2,1-5H3/t11-/m0/s1. The minimum atomic E-state index is 0.0648.